The van der Waals surface area contributed by atoms with E-state index in [1.165, 1.54) is 17.8 Å². The summed E-state index contributed by atoms with van der Waals surface area (Å²) in [5.74, 6) is 0. The van der Waals surface area contributed by atoms with Gasteiger partial charge in [0.05, 0.1) is 4.92 Å². The molecule has 1 aromatic heterocycles. The van der Waals surface area contributed by atoms with Gasteiger partial charge in [-0.05, 0) is 24.3 Å². The van der Waals surface area contributed by atoms with Crippen LogP contribution in [0.2, 0.25) is 0 Å². The average molecular weight is 311 g/mol. The van der Waals surface area contributed by atoms with E-state index in [0.717, 1.165) is 9.37 Å². The number of hydrogen-bond acceptors (Lipinski definition) is 4. The van der Waals surface area contributed by atoms with Gasteiger partial charge in [0.15, 0.2) is 5.03 Å². The number of nitro groups is 1. The molecule has 0 amide bonds. The number of hydrogen-bond donors (Lipinski definition) is 0. The summed E-state index contributed by atoms with van der Waals surface area (Å²) >= 11 is 4.63. The van der Waals surface area contributed by atoms with Crippen LogP contribution in [0.5, 0.6) is 0 Å². The number of nitrogens with zero attached hydrogens (tertiary/aromatic N) is 2. The van der Waals surface area contributed by atoms with E-state index >= 15 is 0 Å². The van der Waals surface area contributed by atoms with Gasteiger partial charge in [-0.25, -0.2) is 4.98 Å². The highest BCUT2D eigenvalue weighted by Crippen LogP contribution is 2.33. The van der Waals surface area contributed by atoms with Gasteiger partial charge in [0.1, 0.15) is 0 Å². The Morgan fingerprint density at radius 3 is 2.82 bits per heavy atom. The first-order valence-electron chi connectivity index (χ1n) is 4.69. The number of benzene rings is 1. The van der Waals surface area contributed by atoms with Gasteiger partial charge in [-0.15, -0.1) is 0 Å². The quantitative estimate of drug-likeness (QED) is 0.637. The minimum Gasteiger partial charge on any atom is -0.258 e. The van der Waals surface area contributed by atoms with Crippen molar-refractivity contribution in [2.75, 3.05) is 0 Å². The maximum absolute atomic E-state index is 10.8. The molecule has 86 valence electrons. The predicted molar refractivity (Wildman–Crippen MR) is 69.2 cm³/mol. The molecule has 0 bridgehead atoms. The molecule has 0 spiro atoms. The van der Waals surface area contributed by atoms with E-state index in [2.05, 4.69) is 20.9 Å². The van der Waals surface area contributed by atoms with Crippen molar-refractivity contribution in [1.82, 2.24) is 4.98 Å². The van der Waals surface area contributed by atoms with Crippen LogP contribution in [0.1, 0.15) is 0 Å². The largest absolute Gasteiger partial charge is 0.301 e. The Hall–Kier alpha value is -1.40. The van der Waals surface area contributed by atoms with Crippen LogP contribution < -0.4 is 0 Å². The fraction of sp³-hybridized carbons (Fsp3) is 0. The van der Waals surface area contributed by atoms with Gasteiger partial charge in [-0.2, -0.15) is 0 Å². The molecule has 1 heterocycles. The molecule has 0 saturated carbocycles. The molecule has 0 unspecified atom stereocenters. The molecule has 1 aromatic carbocycles. The Bertz CT molecular complexity index is 563. The highest BCUT2D eigenvalue weighted by atomic mass is 79.9. The van der Waals surface area contributed by atoms with E-state index in [9.17, 15) is 10.1 Å². The van der Waals surface area contributed by atoms with Crippen LogP contribution in [-0.2, 0) is 0 Å². The molecule has 4 nitrogen and oxygen atoms in total. The fourth-order valence-electron chi connectivity index (χ4n) is 1.24. The maximum Gasteiger partial charge on any atom is 0.301 e. The molecule has 0 aliphatic carbocycles. The summed E-state index contributed by atoms with van der Waals surface area (Å²) in [5.41, 5.74) is 0.0254. The Morgan fingerprint density at radius 2 is 2.12 bits per heavy atom. The van der Waals surface area contributed by atoms with Crippen molar-refractivity contribution < 1.29 is 4.92 Å². The van der Waals surface area contributed by atoms with E-state index in [4.69, 9.17) is 0 Å². The lowest BCUT2D eigenvalue weighted by Gasteiger charge is -2.01. The summed E-state index contributed by atoms with van der Waals surface area (Å²) in [6, 6.07) is 10.6. The summed E-state index contributed by atoms with van der Waals surface area (Å²) < 4.78 is 0.932. The van der Waals surface area contributed by atoms with Crippen LogP contribution in [-0.4, -0.2) is 9.91 Å². The van der Waals surface area contributed by atoms with E-state index < -0.39 is 4.92 Å². The number of pyridine rings is 1. The third kappa shape index (κ3) is 3.04. The first-order valence-corrected chi connectivity index (χ1v) is 6.30. The van der Waals surface area contributed by atoms with E-state index in [1.54, 1.807) is 12.3 Å². The molecule has 0 atom stereocenters. The van der Waals surface area contributed by atoms with Crippen molar-refractivity contribution in [2.24, 2.45) is 0 Å². The summed E-state index contributed by atoms with van der Waals surface area (Å²) in [6.07, 6.45) is 1.55. The van der Waals surface area contributed by atoms with E-state index in [1.807, 2.05) is 24.3 Å². The molecule has 0 radical (unpaired) electrons. The first-order chi connectivity index (χ1) is 8.16. The van der Waals surface area contributed by atoms with Crippen molar-refractivity contribution >= 4 is 33.4 Å². The van der Waals surface area contributed by atoms with Gasteiger partial charge in [-0.1, -0.05) is 33.8 Å². The van der Waals surface area contributed by atoms with Crippen LogP contribution >= 0.6 is 27.7 Å². The number of halogens is 1. The van der Waals surface area contributed by atoms with Crippen molar-refractivity contribution in [3.05, 3.63) is 57.2 Å². The Morgan fingerprint density at radius 1 is 1.29 bits per heavy atom. The fourth-order valence-corrected chi connectivity index (χ4v) is 2.71. The molecule has 0 N–H and O–H groups in total. The van der Waals surface area contributed by atoms with Crippen molar-refractivity contribution in [3.8, 4) is 0 Å². The zero-order valence-corrected chi connectivity index (χ0v) is 10.9. The SMILES string of the molecule is O=[N+]([O-])c1cccnc1Sc1cccc(Br)c1. The number of aromatic nitrogens is 1. The standard InChI is InChI=1S/C11H7BrN2O2S/c12-8-3-1-4-9(7-8)17-11-10(14(15)16)5-2-6-13-11/h1-7H. The van der Waals surface area contributed by atoms with Gasteiger partial charge < -0.3 is 0 Å². The Balaban J connectivity index is 2.33. The second-order valence-corrected chi connectivity index (χ2v) is 5.12. The summed E-state index contributed by atoms with van der Waals surface area (Å²) in [4.78, 5) is 15.3. The van der Waals surface area contributed by atoms with Crippen LogP contribution in [0.15, 0.2) is 57.0 Å². The molecule has 0 aliphatic heterocycles. The first kappa shape index (κ1) is 12.1. The van der Waals surface area contributed by atoms with Crippen molar-refractivity contribution in [1.29, 1.82) is 0 Å². The number of rotatable bonds is 3. The van der Waals surface area contributed by atoms with Gasteiger partial charge in [0.2, 0.25) is 0 Å². The zero-order valence-electron chi connectivity index (χ0n) is 8.54. The minimum absolute atomic E-state index is 0.0254. The van der Waals surface area contributed by atoms with Gasteiger partial charge in [0.25, 0.3) is 0 Å². The molecule has 17 heavy (non-hydrogen) atoms. The molecular formula is C11H7BrN2O2S. The lowest BCUT2D eigenvalue weighted by atomic mass is 10.4. The van der Waals surface area contributed by atoms with Crippen LogP contribution in [0.4, 0.5) is 5.69 Å². The van der Waals surface area contributed by atoms with Crippen molar-refractivity contribution in [3.63, 3.8) is 0 Å². The van der Waals surface area contributed by atoms with Gasteiger partial charge in [0, 0.05) is 21.6 Å². The smallest absolute Gasteiger partial charge is 0.258 e. The van der Waals surface area contributed by atoms with Crippen LogP contribution in [0.3, 0.4) is 0 Å². The summed E-state index contributed by atoms with van der Waals surface area (Å²) in [7, 11) is 0. The highest BCUT2D eigenvalue weighted by molar-refractivity contribution is 9.10. The van der Waals surface area contributed by atoms with Gasteiger partial charge in [-0.3, -0.25) is 10.1 Å². The summed E-state index contributed by atoms with van der Waals surface area (Å²) in [6.45, 7) is 0. The third-order valence-corrected chi connectivity index (χ3v) is 3.45. The second-order valence-electron chi connectivity index (χ2n) is 3.14. The molecule has 0 saturated heterocycles. The predicted octanol–water partition coefficient (Wildman–Crippen LogP) is 3.90. The topological polar surface area (TPSA) is 56.0 Å². The monoisotopic (exact) mass is 310 g/mol. The third-order valence-electron chi connectivity index (χ3n) is 1.96. The lowest BCUT2D eigenvalue weighted by molar-refractivity contribution is -0.388. The lowest BCUT2D eigenvalue weighted by Crippen LogP contribution is -1.92. The molecule has 2 rings (SSSR count). The molecular weight excluding hydrogens is 304 g/mol. The molecule has 0 fully saturated rings. The minimum atomic E-state index is -0.423. The Kier molecular flexibility index (Phi) is 3.75. The maximum atomic E-state index is 10.8. The Labute approximate surface area is 110 Å². The second kappa shape index (κ2) is 5.29. The van der Waals surface area contributed by atoms with E-state index in [-0.39, 0.29) is 5.69 Å². The molecule has 2 aromatic rings. The normalized spacial score (nSPS) is 10.2. The molecule has 0 aliphatic rings. The molecule has 6 heteroatoms. The van der Waals surface area contributed by atoms with Crippen molar-refractivity contribution in [2.45, 2.75) is 9.92 Å². The van der Waals surface area contributed by atoms with Gasteiger partial charge >= 0.3 is 5.69 Å². The van der Waals surface area contributed by atoms with Crippen LogP contribution in [0.25, 0.3) is 0 Å². The van der Waals surface area contributed by atoms with E-state index in [0.29, 0.717) is 5.03 Å². The van der Waals surface area contributed by atoms with Crippen LogP contribution in [0, 0.1) is 10.1 Å². The zero-order chi connectivity index (χ0) is 12.3. The highest BCUT2D eigenvalue weighted by Gasteiger charge is 2.15. The average Bonchev–Trinajstić information content (AvgIpc) is 2.29. The summed E-state index contributed by atoms with van der Waals surface area (Å²) in [5, 5.41) is 11.2.